The van der Waals surface area contributed by atoms with Crippen molar-refractivity contribution in [2.24, 2.45) is 17.8 Å². The van der Waals surface area contributed by atoms with Crippen molar-refractivity contribution >= 4 is 5.97 Å². The third kappa shape index (κ3) is 1.78. The van der Waals surface area contributed by atoms with Gasteiger partial charge in [0, 0.05) is 13.1 Å². The lowest BCUT2D eigenvalue weighted by Gasteiger charge is -2.44. The van der Waals surface area contributed by atoms with E-state index in [9.17, 15) is 4.79 Å². The van der Waals surface area contributed by atoms with Gasteiger partial charge in [0.15, 0.2) is 0 Å². The lowest BCUT2D eigenvalue weighted by molar-refractivity contribution is -0.148. The third-order valence-corrected chi connectivity index (χ3v) is 3.60. The monoisotopic (exact) mass is 197 g/mol. The lowest BCUT2D eigenvalue weighted by Crippen LogP contribution is -2.57. The van der Waals surface area contributed by atoms with Crippen LogP contribution in [0.1, 0.15) is 26.7 Å². The Bertz CT molecular complexity index is 229. The smallest absolute Gasteiger partial charge is 0.321 e. The summed E-state index contributed by atoms with van der Waals surface area (Å²) in [7, 11) is 0. The molecule has 2 aliphatic rings. The van der Waals surface area contributed by atoms with E-state index in [0.717, 1.165) is 31.8 Å². The molecule has 80 valence electrons. The Balaban J connectivity index is 1.86. The molecule has 0 spiro atoms. The minimum Gasteiger partial charge on any atom is -0.480 e. The van der Waals surface area contributed by atoms with Gasteiger partial charge >= 0.3 is 5.97 Å². The van der Waals surface area contributed by atoms with Crippen LogP contribution in [-0.4, -0.2) is 35.1 Å². The molecule has 1 aliphatic heterocycles. The number of carboxylic acids is 1. The summed E-state index contributed by atoms with van der Waals surface area (Å²) in [6.07, 6.45) is 2.22. The molecule has 1 unspecified atom stereocenters. The Morgan fingerprint density at radius 3 is 2.21 bits per heavy atom. The zero-order chi connectivity index (χ0) is 10.3. The minimum absolute atomic E-state index is 0.176. The van der Waals surface area contributed by atoms with Gasteiger partial charge in [0.2, 0.25) is 0 Å². The summed E-state index contributed by atoms with van der Waals surface area (Å²) in [6, 6.07) is -0.176. The van der Waals surface area contributed by atoms with Crippen LogP contribution < -0.4 is 0 Å². The van der Waals surface area contributed by atoms with E-state index in [1.165, 1.54) is 0 Å². The minimum atomic E-state index is -0.616. The molecule has 14 heavy (non-hydrogen) atoms. The van der Waals surface area contributed by atoms with E-state index in [4.69, 9.17) is 5.11 Å². The topological polar surface area (TPSA) is 40.5 Å². The maximum Gasteiger partial charge on any atom is 0.321 e. The zero-order valence-electron chi connectivity index (χ0n) is 8.94. The number of hydrogen-bond acceptors (Lipinski definition) is 2. The van der Waals surface area contributed by atoms with Crippen LogP contribution in [0.4, 0.5) is 0 Å². The standard InChI is InChI=1S/C11H19NO2/c1-7(2)9-5-12(6-9)10(11(13)14)8-3-4-8/h7-10H,3-6H2,1-2H3,(H,13,14). The summed E-state index contributed by atoms with van der Waals surface area (Å²) < 4.78 is 0. The summed E-state index contributed by atoms with van der Waals surface area (Å²) in [6.45, 7) is 6.42. The second-order valence-corrected chi connectivity index (χ2v) is 5.08. The molecule has 0 aromatic heterocycles. The second kappa shape index (κ2) is 3.54. The van der Waals surface area contributed by atoms with E-state index in [0.29, 0.717) is 11.8 Å². The van der Waals surface area contributed by atoms with Crippen LogP contribution in [0.5, 0.6) is 0 Å². The lowest BCUT2D eigenvalue weighted by atomic mass is 9.86. The van der Waals surface area contributed by atoms with Gasteiger partial charge in [0.25, 0.3) is 0 Å². The molecule has 1 heterocycles. The SMILES string of the molecule is CC(C)C1CN(C(C(=O)O)C2CC2)C1. The highest BCUT2D eigenvalue weighted by atomic mass is 16.4. The van der Waals surface area contributed by atoms with Gasteiger partial charge in [-0.1, -0.05) is 13.8 Å². The molecule has 0 aromatic rings. The molecule has 0 bridgehead atoms. The van der Waals surface area contributed by atoms with Crippen LogP contribution in [0.15, 0.2) is 0 Å². The highest BCUT2D eigenvalue weighted by Crippen LogP contribution is 2.39. The predicted octanol–water partition coefficient (Wildman–Crippen LogP) is 1.44. The highest BCUT2D eigenvalue weighted by molar-refractivity contribution is 5.74. The van der Waals surface area contributed by atoms with Crippen LogP contribution in [0.2, 0.25) is 0 Å². The molecular formula is C11H19NO2. The number of aliphatic carboxylic acids is 1. The predicted molar refractivity (Wildman–Crippen MR) is 54.0 cm³/mol. The van der Waals surface area contributed by atoms with E-state index in [2.05, 4.69) is 18.7 Å². The van der Waals surface area contributed by atoms with Gasteiger partial charge in [-0.15, -0.1) is 0 Å². The summed E-state index contributed by atoms with van der Waals surface area (Å²) in [5, 5.41) is 9.10. The first-order valence-corrected chi connectivity index (χ1v) is 5.56. The van der Waals surface area contributed by atoms with Crippen LogP contribution in [0.3, 0.4) is 0 Å². The van der Waals surface area contributed by atoms with Crippen molar-refractivity contribution < 1.29 is 9.90 Å². The van der Waals surface area contributed by atoms with E-state index in [1.54, 1.807) is 0 Å². The van der Waals surface area contributed by atoms with E-state index in [-0.39, 0.29) is 6.04 Å². The molecular weight excluding hydrogens is 178 g/mol. The number of carboxylic acid groups (broad SMARTS) is 1. The average molecular weight is 197 g/mol. The quantitative estimate of drug-likeness (QED) is 0.741. The van der Waals surface area contributed by atoms with Crippen LogP contribution in [0, 0.1) is 17.8 Å². The van der Waals surface area contributed by atoms with Gasteiger partial charge in [0.05, 0.1) is 0 Å². The molecule has 0 radical (unpaired) electrons. The Morgan fingerprint density at radius 1 is 1.29 bits per heavy atom. The number of hydrogen-bond donors (Lipinski definition) is 1. The molecule has 3 nitrogen and oxygen atoms in total. The number of rotatable bonds is 4. The third-order valence-electron chi connectivity index (χ3n) is 3.60. The highest BCUT2D eigenvalue weighted by Gasteiger charge is 2.45. The number of likely N-dealkylation sites (tertiary alicyclic amines) is 1. The van der Waals surface area contributed by atoms with Gasteiger partial charge in [0.1, 0.15) is 6.04 Å². The molecule has 2 rings (SSSR count). The Morgan fingerprint density at radius 2 is 1.86 bits per heavy atom. The second-order valence-electron chi connectivity index (χ2n) is 5.08. The summed E-state index contributed by atoms with van der Waals surface area (Å²) in [5.74, 6) is 1.24. The van der Waals surface area contributed by atoms with Gasteiger partial charge in [-0.05, 0) is 30.6 Å². The van der Waals surface area contributed by atoms with Crippen molar-refractivity contribution in [3.05, 3.63) is 0 Å². The van der Waals surface area contributed by atoms with Crippen molar-refractivity contribution in [1.29, 1.82) is 0 Å². The van der Waals surface area contributed by atoms with Gasteiger partial charge < -0.3 is 5.11 Å². The van der Waals surface area contributed by atoms with Crippen molar-refractivity contribution in [2.45, 2.75) is 32.7 Å². The van der Waals surface area contributed by atoms with E-state index >= 15 is 0 Å². The van der Waals surface area contributed by atoms with Crippen LogP contribution in [0.25, 0.3) is 0 Å². The average Bonchev–Trinajstić information content (AvgIpc) is 2.75. The zero-order valence-corrected chi connectivity index (χ0v) is 8.94. The molecule has 0 amide bonds. The first-order valence-electron chi connectivity index (χ1n) is 5.56. The number of nitrogens with zero attached hydrogens (tertiary/aromatic N) is 1. The Kier molecular flexibility index (Phi) is 2.52. The van der Waals surface area contributed by atoms with Crippen LogP contribution >= 0.6 is 0 Å². The van der Waals surface area contributed by atoms with Crippen molar-refractivity contribution in [1.82, 2.24) is 4.90 Å². The molecule has 0 aromatic carbocycles. The van der Waals surface area contributed by atoms with E-state index < -0.39 is 5.97 Å². The fraction of sp³-hybridized carbons (Fsp3) is 0.909. The van der Waals surface area contributed by atoms with Crippen molar-refractivity contribution in [3.8, 4) is 0 Å². The molecule has 2 fully saturated rings. The maximum atomic E-state index is 11.1. The molecule has 1 N–H and O–H groups in total. The Hall–Kier alpha value is -0.570. The Labute approximate surface area is 85.1 Å². The molecule has 1 saturated heterocycles. The normalized spacial score (nSPS) is 26.2. The van der Waals surface area contributed by atoms with Gasteiger partial charge in [-0.3, -0.25) is 9.69 Å². The van der Waals surface area contributed by atoms with Crippen LogP contribution in [-0.2, 0) is 4.79 Å². The largest absolute Gasteiger partial charge is 0.480 e. The van der Waals surface area contributed by atoms with Crippen molar-refractivity contribution in [3.63, 3.8) is 0 Å². The molecule has 1 saturated carbocycles. The maximum absolute atomic E-state index is 11.1. The summed E-state index contributed by atoms with van der Waals surface area (Å²) in [5.41, 5.74) is 0. The fourth-order valence-corrected chi connectivity index (χ4v) is 2.27. The fourth-order valence-electron chi connectivity index (χ4n) is 2.27. The molecule has 1 atom stereocenters. The first-order chi connectivity index (χ1) is 6.59. The van der Waals surface area contributed by atoms with Crippen molar-refractivity contribution in [2.75, 3.05) is 13.1 Å². The molecule has 3 heteroatoms. The van der Waals surface area contributed by atoms with Gasteiger partial charge in [-0.25, -0.2) is 0 Å². The summed E-state index contributed by atoms with van der Waals surface area (Å²) >= 11 is 0. The van der Waals surface area contributed by atoms with Gasteiger partial charge in [-0.2, -0.15) is 0 Å². The molecule has 1 aliphatic carbocycles. The summed E-state index contributed by atoms with van der Waals surface area (Å²) in [4.78, 5) is 13.2. The number of carbonyl (C=O) groups is 1. The van der Waals surface area contributed by atoms with E-state index in [1.807, 2.05) is 0 Å². The first kappa shape index (κ1) is 9.97.